The molecule has 31 heavy (non-hydrogen) atoms. The standard InChI is InChI=1S/C25H22ClFN2O2/c1-16(15-31-2)28-25(30)17-7-12-21-22(20-5-3-4-6-23(20)26)14-29(24(21)13-17)19-10-8-18(27)9-11-19/h3-14,16H,15H2,1-2H3,(H,28,30). The highest BCUT2D eigenvalue weighted by Gasteiger charge is 2.17. The summed E-state index contributed by atoms with van der Waals surface area (Å²) in [6.45, 7) is 2.31. The number of fused-ring (bicyclic) bond motifs is 1. The van der Waals surface area contributed by atoms with Crippen LogP contribution in [0, 0.1) is 5.82 Å². The number of hydrogen-bond donors (Lipinski definition) is 1. The Labute approximate surface area is 185 Å². The molecule has 0 radical (unpaired) electrons. The van der Waals surface area contributed by atoms with E-state index in [4.69, 9.17) is 16.3 Å². The number of benzene rings is 3. The fourth-order valence-electron chi connectivity index (χ4n) is 3.68. The van der Waals surface area contributed by atoms with Gasteiger partial charge < -0.3 is 14.6 Å². The van der Waals surface area contributed by atoms with Gasteiger partial charge in [0.1, 0.15) is 5.82 Å². The van der Waals surface area contributed by atoms with E-state index in [1.165, 1.54) is 12.1 Å². The van der Waals surface area contributed by atoms with Crippen LogP contribution in [-0.2, 0) is 4.74 Å². The number of halogens is 2. The molecule has 1 unspecified atom stereocenters. The molecule has 0 saturated heterocycles. The van der Waals surface area contributed by atoms with Crippen molar-refractivity contribution in [2.45, 2.75) is 13.0 Å². The topological polar surface area (TPSA) is 43.3 Å². The molecule has 1 amide bonds. The maximum Gasteiger partial charge on any atom is 0.251 e. The summed E-state index contributed by atoms with van der Waals surface area (Å²) in [6, 6.07) is 19.3. The predicted molar refractivity (Wildman–Crippen MR) is 122 cm³/mol. The van der Waals surface area contributed by atoms with E-state index in [9.17, 15) is 9.18 Å². The predicted octanol–water partition coefficient (Wildman–Crippen LogP) is 5.85. The first-order valence-electron chi connectivity index (χ1n) is 9.93. The van der Waals surface area contributed by atoms with Crippen LogP contribution in [0.5, 0.6) is 0 Å². The van der Waals surface area contributed by atoms with E-state index in [1.54, 1.807) is 25.3 Å². The average Bonchev–Trinajstić information content (AvgIpc) is 3.13. The van der Waals surface area contributed by atoms with Crippen LogP contribution in [0.4, 0.5) is 4.39 Å². The molecule has 0 saturated carbocycles. The molecule has 1 N–H and O–H groups in total. The molecular formula is C25H22ClFN2O2. The van der Waals surface area contributed by atoms with Gasteiger partial charge in [-0.3, -0.25) is 4.79 Å². The average molecular weight is 437 g/mol. The van der Waals surface area contributed by atoms with Gasteiger partial charge in [-0.2, -0.15) is 0 Å². The molecule has 4 aromatic rings. The molecule has 0 aliphatic heterocycles. The minimum absolute atomic E-state index is 0.115. The molecule has 158 valence electrons. The smallest absolute Gasteiger partial charge is 0.251 e. The number of nitrogens with zero attached hydrogens (tertiary/aromatic N) is 1. The highest BCUT2D eigenvalue weighted by molar-refractivity contribution is 6.33. The second-order valence-corrected chi connectivity index (χ2v) is 7.84. The molecule has 0 bridgehead atoms. The van der Waals surface area contributed by atoms with Crippen LogP contribution in [0.15, 0.2) is 72.9 Å². The second-order valence-electron chi connectivity index (χ2n) is 7.43. The summed E-state index contributed by atoms with van der Waals surface area (Å²) in [5, 5.41) is 4.51. The molecular weight excluding hydrogens is 415 g/mol. The van der Waals surface area contributed by atoms with Crippen LogP contribution in [-0.4, -0.2) is 30.2 Å². The van der Waals surface area contributed by atoms with Gasteiger partial charge in [0.25, 0.3) is 5.91 Å². The zero-order valence-corrected chi connectivity index (χ0v) is 18.0. The lowest BCUT2D eigenvalue weighted by Gasteiger charge is -2.13. The SMILES string of the molecule is COCC(C)NC(=O)c1ccc2c(-c3ccccc3Cl)cn(-c3ccc(F)cc3)c2c1. The molecule has 4 rings (SSSR count). The summed E-state index contributed by atoms with van der Waals surface area (Å²) in [5.41, 5.74) is 3.97. The van der Waals surface area contributed by atoms with Crippen molar-refractivity contribution in [3.8, 4) is 16.8 Å². The highest BCUT2D eigenvalue weighted by Crippen LogP contribution is 2.36. The van der Waals surface area contributed by atoms with Gasteiger partial charge in [0.05, 0.1) is 12.1 Å². The van der Waals surface area contributed by atoms with Crippen LogP contribution in [0.3, 0.4) is 0 Å². The number of aromatic nitrogens is 1. The second kappa shape index (κ2) is 8.92. The number of hydrogen-bond acceptors (Lipinski definition) is 2. The van der Waals surface area contributed by atoms with Gasteiger partial charge in [-0.1, -0.05) is 35.9 Å². The van der Waals surface area contributed by atoms with Gasteiger partial charge >= 0.3 is 0 Å². The van der Waals surface area contributed by atoms with Gasteiger partial charge in [-0.25, -0.2) is 4.39 Å². The van der Waals surface area contributed by atoms with Crippen LogP contribution in [0.2, 0.25) is 5.02 Å². The third-order valence-electron chi connectivity index (χ3n) is 5.13. The van der Waals surface area contributed by atoms with Crippen molar-refractivity contribution in [2.75, 3.05) is 13.7 Å². The summed E-state index contributed by atoms with van der Waals surface area (Å²) >= 11 is 6.47. The zero-order valence-electron chi connectivity index (χ0n) is 17.2. The van der Waals surface area contributed by atoms with Crippen LogP contribution in [0.25, 0.3) is 27.7 Å². The fraction of sp³-hybridized carbons (Fsp3) is 0.160. The van der Waals surface area contributed by atoms with Crippen LogP contribution in [0.1, 0.15) is 17.3 Å². The molecule has 0 spiro atoms. The Morgan fingerprint density at radius 1 is 1.10 bits per heavy atom. The first-order valence-corrected chi connectivity index (χ1v) is 10.3. The summed E-state index contributed by atoms with van der Waals surface area (Å²) in [7, 11) is 1.60. The lowest BCUT2D eigenvalue weighted by molar-refractivity contribution is 0.0905. The number of carbonyl (C=O) groups excluding carboxylic acids is 1. The van der Waals surface area contributed by atoms with E-state index in [0.717, 1.165) is 27.7 Å². The Morgan fingerprint density at radius 2 is 1.84 bits per heavy atom. The fourth-order valence-corrected chi connectivity index (χ4v) is 3.91. The van der Waals surface area contributed by atoms with Crippen molar-refractivity contribution in [3.05, 3.63) is 89.3 Å². The number of amides is 1. The Hall–Kier alpha value is -3.15. The molecule has 1 aromatic heterocycles. The van der Waals surface area contributed by atoms with Gasteiger partial charge in [0, 0.05) is 52.1 Å². The van der Waals surface area contributed by atoms with E-state index >= 15 is 0 Å². The summed E-state index contributed by atoms with van der Waals surface area (Å²) in [4.78, 5) is 12.8. The third kappa shape index (κ3) is 4.33. The first-order chi connectivity index (χ1) is 15.0. The summed E-state index contributed by atoms with van der Waals surface area (Å²) in [5.74, 6) is -0.490. The number of nitrogens with one attached hydrogen (secondary N) is 1. The normalized spacial score (nSPS) is 12.1. The van der Waals surface area contributed by atoms with E-state index < -0.39 is 0 Å². The Kier molecular flexibility index (Phi) is 6.07. The number of ether oxygens (including phenoxy) is 1. The van der Waals surface area contributed by atoms with Crippen molar-refractivity contribution in [3.63, 3.8) is 0 Å². The van der Waals surface area contributed by atoms with E-state index in [1.807, 2.05) is 54.1 Å². The van der Waals surface area contributed by atoms with Gasteiger partial charge in [0.2, 0.25) is 0 Å². The highest BCUT2D eigenvalue weighted by atomic mass is 35.5. The van der Waals surface area contributed by atoms with Crippen LogP contribution < -0.4 is 5.32 Å². The molecule has 3 aromatic carbocycles. The lowest BCUT2D eigenvalue weighted by atomic mass is 10.0. The molecule has 6 heteroatoms. The molecule has 4 nitrogen and oxygen atoms in total. The Balaban J connectivity index is 1.86. The molecule has 0 aliphatic carbocycles. The van der Waals surface area contributed by atoms with Crippen LogP contribution >= 0.6 is 11.6 Å². The monoisotopic (exact) mass is 436 g/mol. The number of carbonyl (C=O) groups is 1. The molecule has 1 atom stereocenters. The number of rotatable bonds is 6. The van der Waals surface area contributed by atoms with Crippen molar-refractivity contribution in [1.29, 1.82) is 0 Å². The summed E-state index contributed by atoms with van der Waals surface area (Å²) < 4.78 is 20.5. The molecule has 1 heterocycles. The Bertz CT molecular complexity index is 1230. The minimum Gasteiger partial charge on any atom is -0.383 e. The zero-order chi connectivity index (χ0) is 22.0. The largest absolute Gasteiger partial charge is 0.383 e. The van der Waals surface area contributed by atoms with Gasteiger partial charge in [0.15, 0.2) is 0 Å². The quantitative estimate of drug-likeness (QED) is 0.411. The maximum absolute atomic E-state index is 13.5. The molecule has 0 aliphatic rings. The Morgan fingerprint density at radius 3 is 2.55 bits per heavy atom. The first kappa shape index (κ1) is 21.1. The van der Waals surface area contributed by atoms with Gasteiger partial charge in [-0.15, -0.1) is 0 Å². The summed E-state index contributed by atoms with van der Waals surface area (Å²) in [6.07, 6.45) is 1.97. The lowest BCUT2D eigenvalue weighted by Crippen LogP contribution is -2.35. The van der Waals surface area contributed by atoms with E-state index in [0.29, 0.717) is 17.2 Å². The maximum atomic E-state index is 13.5. The molecule has 0 fully saturated rings. The van der Waals surface area contributed by atoms with E-state index in [2.05, 4.69) is 5.32 Å². The number of methoxy groups -OCH3 is 1. The van der Waals surface area contributed by atoms with Crippen molar-refractivity contribution >= 4 is 28.4 Å². The van der Waals surface area contributed by atoms with E-state index in [-0.39, 0.29) is 17.8 Å². The minimum atomic E-state index is -0.307. The van der Waals surface area contributed by atoms with Crippen molar-refractivity contribution in [2.24, 2.45) is 0 Å². The van der Waals surface area contributed by atoms with Crippen molar-refractivity contribution < 1.29 is 13.9 Å². The van der Waals surface area contributed by atoms with Gasteiger partial charge in [-0.05, 0) is 49.4 Å². The van der Waals surface area contributed by atoms with Crippen molar-refractivity contribution in [1.82, 2.24) is 9.88 Å². The third-order valence-corrected chi connectivity index (χ3v) is 5.46.